The number of amides is 1. The van der Waals surface area contributed by atoms with Crippen molar-refractivity contribution >= 4 is 17.6 Å². The summed E-state index contributed by atoms with van der Waals surface area (Å²) in [6, 6.07) is 7.50. The number of aromatic carboxylic acids is 1. The monoisotopic (exact) mass is 288 g/mol. The molecule has 6 heteroatoms. The SMILES string of the molecule is CC(C)n1cccc1C(=O)Nc1ccc(O)c(C(=O)O)c1. The second-order valence-electron chi connectivity index (χ2n) is 4.89. The topological polar surface area (TPSA) is 91.6 Å². The van der Waals surface area contributed by atoms with Crippen LogP contribution in [0.3, 0.4) is 0 Å². The van der Waals surface area contributed by atoms with Crippen molar-refractivity contribution in [3.05, 3.63) is 47.8 Å². The molecule has 0 radical (unpaired) electrons. The molecule has 6 nitrogen and oxygen atoms in total. The quantitative estimate of drug-likeness (QED) is 0.754. The lowest BCUT2D eigenvalue weighted by molar-refractivity contribution is 0.0693. The number of carboxylic acid groups (broad SMARTS) is 1. The second kappa shape index (κ2) is 5.70. The molecule has 1 aromatic heterocycles. The Hall–Kier alpha value is -2.76. The van der Waals surface area contributed by atoms with Gasteiger partial charge in [-0.3, -0.25) is 4.79 Å². The number of aromatic hydroxyl groups is 1. The first-order valence-corrected chi connectivity index (χ1v) is 6.44. The van der Waals surface area contributed by atoms with Gasteiger partial charge in [0.1, 0.15) is 17.0 Å². The zero-order chi connectivity index (χ0) is 15.6. The average molecular weight is 288 g/mol. The zero-order valence-electron chi connectivity index (χ0n) is 11.7. The molecule has 0 bridgehead atoms. The van der Waals surface area contributed by atoms with E-state index >= 15 is 0 Å². The van der Waals surface area contributed by atoms with E-state index in [-0.39, 0.29) is 23.3 Å². The highest BCUT2D eigenvalue weighted by atomic mass is 16.4. The van der Waals surface area contributed by atoms with Gasteiger partial charge < -0.3 is 20.1 Å². The Balaban J connectivity index is 2.26. The molecule has 0 saturated carbocycles. The van der Waals surface area contributed by atoms with E-state index in [1.54, 1.807) is 18.3 Å². The number of aromatic nitrogens is 1. The van der Waals surface area contributed by atoms with E-state index in [0.29, 0.717) is 11.4 Å². The molecule has 0 unspecified atom stereocenters. The number of rotatable bonds is 4. The Labute approximate surface area is 121 Å². The standard InChI is InChI=1S/C15H16N2O4/c1-9(2)17-7-3-4-12(17)14(19)16-10-5-6-13(18)11(8-10)15(20)21/h3-9,18H,1-2H3,(H,16,19)(H,20,21). The molecule has 1 amide bonds. The molecule has 2 rings (SSSR count). The van der Waals surface area contributed by atoms with Crippen molar-refractivity contribution in [2.24, 2.45) is 0 Å². The minimum absolute atomic E-state index is 0.134. The van der Waals surface area contributed by atoms with Crippen molar-refractivity contribution < 1.29 is 19.8 Å². The zero-order valence-corrected chi connectivity index (χ0v) is 11.7. The number of carbonyl (C=O) groups is 2. The van der Waals surface area contributed by atoms with Crippen LogP contribution in [-0.2, 0) is 0 Å². The van der Waals surface area contributed by atoms with Crippen molar-refractivity contribution in [1.29, 1.82) is 0 Å². The summed E-state index contributed by atoms with van der Waals surface area (Å²) in [4.78, 5) is 23.2. The maximum Gasteiger partial charge on any atom is 0.339 e. The highest BCUT2D eigenvalue weighted by Crippen LogP contribution is 2.22. The van der Waals surface area contributed by atoms with Gasteiger partial charge in [-0.05, 0) is 44.2 Å². The molecule has 0 atom stereocenters. The Kier molecular flexibility index (Phi) is 3.98. The lowest BCUT2D eigenvalue weighted by Gasteiger charge is -2.13. The highest BCUT2D eigenvalue weighted by Gasteiger charge is 2.15. The van der Waals surface area contributed by atoms with Gasteiger partial charge in [-0.25, -0.2) is 4.79 Å². The predicted molar refractivity (Wildman–Crippen MR) is 77.8 cm³/mol. The van der Waals surface area contributed by atoms with E-state index in [2.05, 4.69) is 5.32 Å². The molecule has 0 aliphatic heterocycles. The van der Waals surface area contributed by atoms with Gasteiger partial charge in [0.25, 0.3) is 5.91 Å². The fourth-order valence-electron chi connectivity index (χ4n) is 2.02. The minimum atomic E-state index is -1.26. The minimum Gasteiger partial charge on any atom is -0.507 e. The van der Waals surface area contributed by atoms with Crippen LogP contribution in [0.2, 0.25) is 0 Å². The summed E-state index contributed by atoms with van der Waals surface area (Å²) in [5.41, 5.74) is 0.536. The van der Waals surface area contributed by atoms with Crippen LogP contribution >= 0.6 is 0 Å². The number of nitrogens with one attached hydrogen (secondary N) is 1. The molecular formula is C15H16N2O4. The fourth-order valence-corrected chi connectivity index (χ4v) is 2.02. The first-order chi connectivity index (χ1) is 9.90. The van der Waals surface area contributed by atoms with Crippen molar-refractivity contribution in [3.63, 3.8) is 0 Å². The normalized spacial score (nSPS) is 10.6. The first-order valence-electron chi connectivity index (χ1n) is 6.44. The number of hydrogen-bond donors (Lipinski definition) is 3. The average Bonchev–Trinajstić information content (AvgIpc) is 2.90. The molecule has 0 fully saturated rings. The molecule has 1 aromatic carbocycles. The largest absolute Gasteiger partial charge is 0.507 e. The molecular weight excluding hydrogens is 272 g/mol. The van der Waals surface area contributed by atoms with Crippen molar-refractivity contribution in [1.82, 2.24) is 4.57 Å². The molecule has 3 N–H and O–H groups in total. The van der Waals surface area contributed by atoms with E-state index in [9.17, 15) is 14.7 Å². The lowest BCUT2D eigenvalue weighted by atomic mass is 10.1. The molecule has 110 valence electrons. The number of anilines is 1. The van der Waals surface area contributed by atoms with Gasteiger partial charge >= 0.3 is 5.97 Å². The summed E-state index contributed by atoms with van der Waals surface area (Å²) in [6.07, 6.45) is 1.80. The van der Waals surface area contributed by atoms with Gasteiger partial charge in [0.15, 0.2) is 0 Å². The lowest BCUT2D eigenvalue weighted by Crippen LogP contribution is -2.18. The Bertz CT molecular complexity index is 689. The summed E-state index contributed by atoms with van der Waals surface area (Å²) in [5, 5.41) is 21.0. The Morgan fingerprint density at radius 2 is 1.95 bits per heavy atom. The molecule has 0 aliphatic rings. The summed E-state index contributed by atoms with van der Waals surface area (Å²) >= 11 is 0. The van der Waals surface area contributed by atoms with Crippen LogP contribution in [0.25, 0.3) is 0 Å². The second-order valence-corrected chi connectivity index (χ2v) is 4.89. The number of carbonyl (C=O) groups excluding carboxylic acids is 1. The number of hydrogen-bond acceptors (Lipinski definition) is 3. The van der Waals surface area contributed by atoms with E-state index in [1.165, 1.54) is 18.2 Å². The molecule has 0 saturated heterocycles. The van der Waals surface area contributed by atoms with Crippen LogP contribution < -0.4 is 5.32 Å². The summed E-state index contributed by atoms with van der Waals surface area (Å²) in [7, 11) is 0. The predicted octanol–water partition coefficient (Wildman–Crippen LogP) is 2.73. The van der Waals surface area contributed by atoms with Crippen LogP contribution in [0.4, 0.5) is 5.69 Å². The maximum atomic E-state index is 12.2. The summed E-state index contributed by atoms with van der Waals surface area (Å²) in [6.45, 7) is 3.92. The summed E-state index contributed by atoms with van der Waals surface area (Å²) in [5.74, 6) is -1.93. The smallest absolute Gasteiger partial charge is 0.339 e. The van der Waals surface area contributed by atoms with Crippen molar-refractivity contribution in [2.45, 2.75) is 19.9 Å². The van der Waals surface area contributed by atoms with E-state index in [4.69, 9.17) is 5.11 Å². The summed E-state index contributed by atoms with van der Waals surface area (Å²) < 4.78 is 1.81. The third-order valence-corrected chi connectivity index (χ3v) is 3.05. The third kappa shape index (κ3) is 3.05. The van der Waals surface area contributed by atoms with Crippen LogP contribution in [0.15, 0.2) is 36.5 Å². The first kappa shape index (κ1) is 14.6. The van der Waals surface area contributed by atoms with Crippen molar-refractivity contribution in [3.8, 4) is 5.75 Å². The van der Waals surface area contributed by atoms with Crippen LogP contribution in [0.5, 0.6) is 5.75 Å². The number of benzene rings is 1. The van der Waals surface area contributed by atoms with Crippen LogP contribution in [-0.4, -0.2) is 26.7 Å². The highest BCUT2D eigenvalue weighted by molar-refractivity contribution is 6.04. The Morgan fingerprint density at radius 3 is 2.57 bits per heavy atom. The van der Waals surface area contributed by atoms with Gasteiger partial charge in [-0.2, -0.15) is 0 Å². The van der Waals surface area contributed by atoms with Gasteiger partial charge in [0, 0.05) is 17.9 Å². The van der Waals surface area contributed by atoms with Gasteiger partial charge in [0.05, 0.1) is 0 Å². The Morgan fingerprint density at radius 1 is 1.24 bits per heavy atom. The van der Waals surface area contributed by atoms with E-state index in [1.807, 2.05) is 18.4 Å². The molecule has 2 aromatic rings. The molecule has 0 spiro atoms. The van der Waals surface area contributed by atoms with Gasteiger partial charge in [-0.1, -0.05) is 0 Å². The van der Waals surface area contributed by atoms with E-state index in [0.717, 1.165) is 0 Å². The maximum absolute atomic E-state index is 12.2. The molecule has 1 heterocycles. The van der Waals surface area contributed by atoms with Crippen LogP contribution in [0.1, 0.15) is 40.7 Å². The number of carboxylic acids is 1. The third-order valence-electron chi connectivity index (χ3n) is 3.05. The molecule has 21 heavy (non-hydrogen) atoms. The number of nitrogens with zero attached hydrogens (tertiary/aromatic N) is 1. The van der Waals surface area contributed by atoms with Gasteiger partial charge in [-0.15, -0.1) is 0 Å². The fraction of sp³-hybridized carbons (Fsp3) is 0.200. The van der Waals surface area contributed by atoms with Crippen LogP contribution in [0, 0.1) is 0 Å². The molecule has 0 aliphatic carbocycles. The van der Waals surface area contributed by atoms with Crippen molar-refractivity contribution in [2.75, 3.05) is 5.32 Å². The van der Waals surface area contributed by atoms with E-state index < -0.39 is 5.97 Å². The van der Waals surface area contributed by atoms with Gasteiger partial charge in [0.2, 0.25) is 0 Å². The number of phenols is 1.